The lowest BCUT2D eigenvalue weighted by Crippen LogP contribution is -2.41. The highest BCUT2D eigenvalue weighted by Crippen LogP contribution is 2.34. The van der Waals surface area contributed by atoms with Crippen LogP contribution in [0.4, 0.5) is 4.79 Å². The van der Waals surface area contributed by atoms with Gasteiger partial charge in [0.05, 0.1) is 19.6 Å². The molecular formula is C18H32N2O6. The van der Waals surface area contributed by atoms with Crippen molar-refractivity contribution in [1.82, 2.24) is 10.6 Å². The van der Waals surface area contributed by atoms with Crippen molar-refractivity contribution in [2.75, 3.05) is 26.9 Å². The Bertz CT molecular complexity index is 489. The Hall–Kier alpha value is -1.83. The summed E-state index contributed by atoms with van der Waals surface area (Å²) in [6.45, 7) is 8.25. The number of ether oxygens (including phenoxy) is 3. The molecule has 0 radical (unpaired) electrons. The zero-order valence-electron chi connectivity index (χ0n) is 16.4. The van der Waals surface area contributed by atoms with Gasteiger partial charge < -0.3 is 24.8 Å². The molecule has 150 valence electrons. The van der Waals surface area contributed by atoms with E-state index in [0.717, 1.165) is 0 Å². The van der Waals surface area contributed by atoms with Gasteiger partial charge >= 0.3 is 12.1 Å². The number of carbonyl (C=O) groups is 3. The minimum absolute atomic E-state index is 0.0908. The summed E-state index contributed by atoms with van der Waals surface area (Å²) in [5.41, 5.74) is -0.577. The van der Waals surface area contributed by atoms with E-state index in [1.54, 1.807) is 20.8 Å². The zero-order valence-corrected chi connectivity index (χ0v) is 16.4. The summed E-state index contributed by atoms with van der Waals surface area (Å²) >= 11 is 0. The van der Waals surface area contributed by atoms with E-state index < -0.39 is 11.7 Å². The summed E-state index contributed by atoms with van der Waals surface area (Å²) in [6.07, 6.45) is 1.39. The van der Waals surface area contributed by atoms with Gasteiger partial charge in [-0.2, -0.15) is 0 Å². The molecule has 1 saturated carbocycles. The summed E-state index contributed by atoms with van der Waals surface area (Å²) in [5.74, 6) is -0.473. The first-order valence-electron chi connectivity index (χ1n) is 9.02. The van der Waals surface area contributed by atoms with E-state index in [-0.39, 0.29) is 29.8 Å². The van der Waals surface area contributed by atoms with Crippen LogP contribution in [-0.2, 0) is 23.8 Å². The number of esters is 1. The molecule has 2 N–H and O–H groups in total. The van der Waals surface area contributed by atoms with E-state index in [4.69, 9.17) is 14.2 Å². The van der Waals surface area contributed by atoms with Crippen molar-refractivity contribution < 1.29 is 28.6 Å². The Morgan fingerprint density at radius 3 is 2.38 bits per heavy atom. The normalized spacial score (nSPS) is 22.6. The van der Waals surface area contributed by atoms with E-state index in [0.29, 0.717) is 39.0 Å². The Morgan fingerprint density at radius 1 is 1.12 bits per heavy atom. The fourth-order valence-corrected chi connectivity index (χ4v) is 3.07. The molecule has 0 heterocycles. The van der Waals surface area contributed by atoms with Crippen LogP contribution in [0.15, 0.2) is 0 Å². The molecule has 2 amide bonds. The van der Waals surface area contributed by atoms with Crippen molar-refractivity contribution in [2.45, 2.75) is 58.6 Å². The maximum Gasteiger partial charge on any atom is 0.407 e. The summed E-state index contributed by atoms with van der Waals surface area (Å²) in [4.78, 5) is 34.7. The van der Waals surface area contributed by atoms with E-state index in [1.165, 1.54) is 14.0 Å². The van der Waals surface area contributed by atoms with Gasteiger partial charge in [-0.1, -0.05) is 0 Å². The van der Waals surface area contributed by atoms with Crippen LogP contribution in [0.2, 0.25) is 0 Å². The number of amides is 2. The van der Waals surface area contributed by atoms with Crippen molar-refractivity contribution >= 4 is 18.0 Å². The Morgan fingerprint density at radius 2 is 1.81 bits per heavy atom. The summed E-state index contributed by atoms with van der Waals surface area (Å²) in [7, 11) is 1.37. The molecule has 0 aliphatic heterocycles. The minimum atomic E-state index is -0.577. The first-order chi connectivity index (χ1) is 12.1. The summed E-state index contributed by atoms with van der Waals surface area (Å²) in [6, 6.07) is -0.159. The maximum absolute atomic E-state index is 12.1. The third-order valence-electron chi connectivity index (χ3n) is 4.18. The first-order valence-corrected chi connectivity index (χ1v) is 9.02. The van der Waals surface area contributed by atoms with Gasteiger partial charge in [0.2, 0.25) is 5.91 Å². The van der Waals surface area contributed by atoms with E-state index >= 15 is 0 Å². The fourth-order valence-electron chi connectivity index (χ4n) is 3.07. The second-order valence-corrected chi connectivity index (χ2v) is 7.59. The van der Waals surface area contributed by atoms with Crippen LogP contribution in [0.3, 0.4) is 0 Å². The van der Waals surface area contributed by atoms with E-state index in [9.17, 15) is 14.4 Å². The van der Waals surface area contributed by atoms with Crippen molar-refractivity contribution in [3.8, 4) is 0 Å². The quantitative estimate of drug-likeness (QED) is 0.496. The van der Waals surface area contributed by atoms with E-state index in [1.807, 2.05) is 0 Å². The van der Waals surface area contributed by atoms with E-state index in [2.05, 4.69) is 10.6 Å². The second-order valence-electron chi connectivity index (χ2n) is 7.59. The number of nitrogens with one attached hydrogen (secondary N) is 2. The third kappa shape index (κ3) is 8.51. The molecule has 0 aromatic heterocycles. The third-order valence-corrected chi connectivity index (χ3v) is 4.18. The van der Waals surface area contributed by atoms with Crippen LogP contribution in [0, 0.1) is 11.8 Å². The standard InChI is InChI=1S/C18H32N2O6/c1-12(21)19-7-9-25-8-6-13-10-14(16(22)24-5)11-15(13)20-17(23)26-18(2,3)4/h13-15H,6-11H2,1-5H3,(H,19,21)(H,20,23)/t13-,14?,15-/m1/s1. The zero-order chi connectivity index (χ0) is 19.7. The molecule has 1 rings (SSSR count). The summed E-state index contributed by atoms with van der Waals surface area (Å²) < 4.78 is 15.7. The van der Waals surface area contributed by atoms with Crippen LogP contribution in [0.25, 0.3) is 0 Å². The molecule has 3 atom stereocenters. The molecule has 0 spiro atoms. The molecule has 1 aliphatic rings. The topological polar surface area (TPSA) is 103 Å². The van der Waals surface area contributed by atoms with Crippen LogP contribution >= 0.6 is 0 Å². The fraction of sp³-hybridized carbons (Fsp3) is 0.833. The van der Waals surface area contributed by atoms with Crippen LogP contribution in [0.1, 0.15) is 47.0 Å². The lowest BCUT2D eigenvalue weighted by Gasteiger charge is -2.24. The van der Waals surface area contributed by atoms with Gasteiger partial charge in [0.1, 0.15) is 5.60 Å². The predicted octanol–water partition coefficient (Wildman–Crippen LogP) is 1.62. The van der Waals surface area contributed by atoms with Crippen molar-refractivity contribution in [1.29, 1.82) is 0 Å². The predicted molar refractivity (Wildman–Crippen MR) is 95.5 cm³/mol. The smallest absolute Gasteiger partial charge is 0.407 e. The Balaban J connectivity index is 2.50. The molecule has 0 saturated heterocycles. The molecule has 8 heteroatoms. The molecule has 1 unspecified atom stereocenters. The monoisotopic (exact) mass is 372 g/mol. The lowest BCUT2D eigenvalue weighted by molar-refractivity contribution is -0.145. The molecule has 8 nitrogen and oxygen atoms in total. The minimum Gasteiger partial charge on any atom is -0.469 e. The number of methoxy groups -OCH3 is 1. The number of carbonyl (C=O) groups excluding carboxylic acids is 3. The second kappa shape index (κ2) is 10.4. The molecule has 0 aromatic carbocycles. The van der Waals surface area contributed by atoms with Crippen LogP contribution in [-0.4, -0.2) is 56.5 Å². The number of rotatable bonds is 8. The molecule has 26 heavy (non-hydrogen) atoms. The molecular weight excluding hydrogens is 340 g/mol. The molecule has 0 aromatic rings. The average Bonchev–Trinajstić information content (AvgIpc) is 2.90. The lowest BCUT2D eigenvalue weighted by atomic mass is 9.99. The van der Waals surface area contributed by atoms with Gasteiger partial charge in [-0.25, -0.2) is 4.79 Å². The van der Waals surface area contributed by atoms with Gasteiger partial charge in [0.15, 0.2) is 0 Å². The van der Waals surface area contributed by atoms with Crippen LogP contribution in [0.5, 0.6) is 0 Å². The van der Waals surface area contributed by atoms with Crippen molar-refractivity contribution in [2.24, 2.45) is 11.8 Å². The van der Waals surface area contributed by atoms with Gasteiger partial charge in [-0.15, -0.1) is 0 Å². The SMILES string of the molecule is COC(=O)C1C[C@@H](CCOCCNC(C)=O)[C@H](NC(=O)OC(C)(C)C)C1. The van der Waals surface area contributed by atoms with Gasteiger partial charge in [0.25, 0.3) is 0 Å². The van der Waals surface area contributed by atoms with Crippen LogP contribution < -0.4 is 10.6 Å². The van der Waals surface area contributed by atoms with Gasteiger partial charge in [-0.3, -0.25) is 9.59 Å². The maximum atomic E-state index is 12.1. The van der Waals surface area contributed by atoms with Crippen molar-refractivity contribution in [3.63, 3.8) is 0 Å². The highest BCUT2D eigenvalue weighted by atomic mass is 16.6. The molecule has 1 aliphatic carbocycles. The Labute approximate surface area is 155 Å². The first kappa shape index (κ1) is 22.2. The molecule has 0 bridgehead atoms. The highest BCUT2D eigenvalue weighted by Gasteiger charge is 2.39. The number of hydrogen-bond acceptors (Lipinski definition) is 6. The Kier molecular flexibility index (Phi) is 8.84. The largest absolute Gasteiger partial charge is 0.469 e. The number of hydrogen-bond donors (Lipinski definition) is 2. The number of alkyl carbamates (subject to hydrolysis) is 1. The van der Waals surface area contributed by atoms with Gasteiger partial charge in [0, 0.05) is 26.1 Å². The van der Waals surface area contributed by atoms with Gasteiger partial charge in [-0.05, 0) is 46.0 Å². The highest BCUT2D eigenvalue weighted by molar-refractivity contribution is 5.73. The average molecular weight is 372 g/mol. The molecule has 1 fully saturated rings. The summed E-state index contributed by atoms with van der Waals surface area (Å²) in [5, 5.41) is 5.54. The van der Waals surface area contributed by atoms with Crippen molar-refractivity contribution in [3.05, 3.63) is 0 Å².